The second kappa shape index (κ2) is 5.71. The number of benzene rings is 1. The summed E-state index contributed by atoms with van der Waals surface area (Å²) < 4.78 is 10.9. The first-order chi connectivity index (χ1) is 9.41. The summed E-state index contributed by atoms with van der Waals surface area (Å²) in [5.74, 6) is 0.357. The molecule has 0 fully saturated rings. The van der Waals surface area contributed by atoms with Gasteiger partial charge in [-0.3, -0.25) is 0 Å². The highest BCUT2D eigenvalue weighted by atomic mass is 16.5. The quantitative estimate of drug-likeness (QED) is 0.821. The first-order valence-electron chi connectivity index (χ1n) is 7.23. The van der Waals surface area contributed by atoms with Crippen LogP contribution in [0, 0.1) is 0 Å². The number of hydrogen-bond donors (Lipinski definition) is 0. The number of rotatable bonds is 4. The van der Waals surface area contributed by atoms with E-state index in [9.17, 15) is 0 Å². The predicted molar refractivity (Wildman–Crippen MR) is 84.2 cm³/mol. The van der Waals surface area contributed by atoms with Gasteiger partial charge in [0.2, 0.25) is 0 Å². The van der Waals surface area contributed by atoms with E-state index < -0.39 is 0 Å². The average molecular weight is 274 g/mol. The molecule has 0 aromatic heterocycles. The van der Waals surface area contributed by atoms with Crippen LogP contribution in [0.2, 0.25) is 0 Å². The molecule has 0 aliphatic heterocycles. The number of methoxy groups -OCH3 is 2. The molecular formula is C18H26O2. The fraction of sp³-hybridized carbons (Fsp3) is 0.556. The lowest BCUT2D eigenvalue weighted by Crippen LogP contribution is -2.17. The number of hydrogen-bond acceptors (Lipinski definition) is 2. The molecule has 0 bridgehead atoms. The fourth-order valence-electron chi connectivity index (χ4n) is 3.21. The third-order valence-electron chi connectivity index (χ3n) is 4.21. The Bertz CT molecular complexity index is 521. The molecule has 20 heavy (non-hydrogen) atoms. The van der Waals surface area contributed by atoms with Crippen LogP contribution in [0.3, 0.4) is 0 Å². The predicted octanol–water partition coefficient (Wildman–Crippen LogP) is 4.15. The summed E-state index contributed by atoms with van der Waals surface area (Å²) in [4.78, 5) is 0. The molecule has 1 aromatic rings. The van der Waals surface area contributed by atoms with Crippen LogP contribution in [0.15, 0.2) is 23.8 Å². The zero-order valence-corrected chi connectivity index (χ0v) is 13.5. The van der Waals surface area contributed by atoms with Crippen molar-refractivity contribution in [1.29, 1.82) is 0 Å². The van der Waals surface area contributed by atoms with Gasteiger partial charge in [0.25, 0.3) is 0 Å². The van der Waals surface area contributed by atoms with Gasteiger partial charge in [0, 0.05) is 20.1 Å². The van der Waals surface area contributed by atoms with E-state index in [-0.39, 0.29) is 5.41 Å². The molecule has 2 heteroatoms. The Morgan fingerprint density at radius 1 is 1.10 bits per heavy atom. The molecule has 2 rings (SSSR count). The minimum Gasteiger partial charge on any atom is -0.384 e. The maximum absolute atomic E-state index is 5.47. The van der Waals surface area contributed by atoms with E-state index >= 15 is 0 Å². The van der Waals surface area contributed by atoms with Crippen molar-refractivity contribution in [3.8, 4) is 0 Å². The van der Waals surface area contributed by atoms with Crippen molar-refractivity contribution in [1.82, 2.24) is 0 Å². The molecule has 0 heterocycles. The molecule has 1 unspecified atom stereocenters. The molecule has 0 saturated carbocycles. The monoisotopic (exact) mass is 274 g/mol. The smallest absolute Gasteiger partial charge is 0.0718 e. The van der Waals surface area contributed by atoms with Gasteiger partial charge < -0.3 is 9.47 Å². The van der Waals surface area contributed by atoms with Gasteiger partial charge in [0.15, 0.2) is 0 Å². The minimum atomic E-state index is 0.139. The van der Waals surface area contributed by atoms with Gasteiger partial charge in [-0.05, 0) is 34.6 Å². The Kier molecular flexibility index (Phi) is 4.36. The first kappa shape index (κ1) is 15.3. The molecule has 1 aliphatic carbocycles. The van der Waals surface area contributed by atoms with E-state index in [2.05, 4.69) is 45.9 Å². The molecule has 1 aliphatic rings. The molecule has 0 saturated heterocycles. The van der Waals surface area contributed by atoms with Crippen molar-refractivity contribution in [2.45, 2.75) is 39.0 Å². The molecule has 0 radical (unpaired) electrons. The van der Waals surface area contributed by atoms with Crippen molar-refractivity contribution in [2.24, 2.45) is 0 Å². The van der Waals surface area contributed by atoms with Gasteiger partial charge in [-0.15, -0.1) is 0 Å². The van der Waals surface area contributed by atoms with E-state index in [4.69, 9.17) is 9.47 Å². The van der Waals surface area contributed by atoms with Gasteiger partial charge >= 0.3 is 0 Å². The molecule has 0 amide bonds. The van der Waals surface area contributed by atoms with Crippen molar-refractivity contribution >= 4 is 5.57 Å². The fourth-order valence-corrected chi connectivity index (χ4v) is 3.21. The summed E-state index contributed by atoms with van der Waals surface area (Å²) in [6.07, 6.45) is 0. The Labute approximate surface area is 122 Å². The highest BCUT2D eigenvalue weighted by molar-refractivity contribution is 5.80. The summed E-state index contributed by atoms with van der Waals surface area (Å²) >= 11 is 0. The summed E-state index contributed by atoms with van der Waals surface area (Å²) in [5.41, 5.74) is 7.06. The Morgan fingerprint density at radius 3 is 2.35 bits per heavy atom. The zero-order chi connectivity index (χ0) is 14.9. The Morgan fingerprint density at radius 2 is 1.80 bits per heavy atom. The van der Waals surface area contributed by atoms with Crippen LogP contribution in [-0.2, 0) is 14.9 Å². The maximum atomic E-state index is 5.47. The van der Waals surface area contributed by atoms with Gasteiger partial charge in [0.1, 0.15) is 0 Å². The van der Waals surface area contributed by atoms with Crippen LogP contribution in [0.25, 0.3) is 5.57 Å². The van der Waals surface area contributed by atoms with Gasteiger partial charge in [-0.25, -0.2) is 0 Å². The normalized spacial score (nSPS) is 18.6. The second-order valence-electron chi connectivity index (χ2n) is 6.62. The minimum absolute atomic E-state index is 0.139. The van der Waals surface area contributed by atoms with E-state index in [0.29, 0.717) is 12.5 Å². The lowest BCUT2D eigenvalue weighted by molar-refractivity contribution is 0.188. The van der Waals surface area contributed by atoms with E-state index in [1.165, 1.54) is 27.8 Å². The highest BCUT2D eigenvalue weighted by Gasteiger charge is 2.33. The van der Waals surface area contributed by atoms with E-state index in [1.54, 1.807) is 14.2 Å². The maximum Gasteiger partial charge on any atom is 0.0718 e. The molecular weight excluding hydrogens is 248 g/mol. The summed E-state index contributed by atoms with van der Waals surface area (Å²) in [6, 6.07) is 6.64. The highest BCUT2D eigenvalue weighted by Crippen LogP contribution is 2.46. The molecule has 2 nitrogen and oxygen atoms in total. The lowest BCUT2D eigenvalue weighted by Gasteiger charge is -2.26. The Balaban J connectivity index is 2.61. The van der Waals surface area contributed by atoms with Crippen LogP contribution in [0.5, 0.6) is 0 Å². The first-order valence-corrected chi connectivity index (χ1v) is 7.23. The third-order valence-corrected chi connectivity index (χ3v) is 4.21. The van der Waals surface area contributed by atoms with Crippen LogP contribution in [-0.4, -0.2) is 27.4 Å². The molecule has 1 aromatic carbocycles. The summed E-state index contributed by atoms with van der Waals surface area (Å²) in [6.45, 7) is 10.4. The van der Waals surface area contributed by atoms with Crippen molar-refractivity contribution in [3.05, 3.63) is 40.5 Å². The van der Waals surface area contributed by atoms with Crippen molar-refractivity contribution < 1.29 is 9.47 Å². The largest absolute Gasteiger partial charge is 0.384 e. The van der Waals surface area contributed by atoms with Gasteiger partial charge in [-0.1, -0.05) is 44.5 Å². The molecule has 0 spiro atoms. The van der Waals surface area contributed by atoms with E-state index in [1.807, 2.05) is 0 Å². The van der Waals surface area contributed by atoms with Crippen LogP contribution >= 0.6 is 0 Å². The van der Waals surface area contributed by atoms with Crippen LogP contribution < -0.4 is 0 Å². The lowest BCUT2D eigenvalue weighted by atomic mass is 9.79. The summed E-state index contributed by atoms with van der Waals surface area (Å²) in [5, 5.41) is 0. The second-order valence-corrected chi connectivity index (χ2v) is 6.62. The van der Waals surface area contributed by atoms with Crippen LogP contribution in [0.4, 0.5) is 0 Å². The zero-order valence-electron chi connectivity index (χ0n) is 13.5. The van der Waals surface area contributed by atoms with E-state index in [0.717, 1.165) is 6.61 Å². The van der Waals surface area contributed by atoms with Crippen molar-refractivity contribution in [3.63, 3.8) is 0 Å². The molecule has 1 atom stereocenters. The molecule has 110 valence electrons. The number of fused-ring (bicyclic) bond motifs is 1. The molecule has 0 N–H and O–H groups in total. The topological polar surface area (TPSA) is 18.5 Å². The Hall–Kier alpha value is -1.12. The SMILES string of the molecule is COCC1=C(C)C(COC)c2c1cccc2C(C)(C)C. The standard InChI is InChI=1S/C18H26O2/c1-12-14(10-19-5)13-8-7-9-16(18(2,3)4)17(13)15(12)11-20-6/h7-9,15H,10-11H2,1-6H3. The summed E-state index contributed by atoms with van der Waals surface area (Å²) in [7, 11) is 3.54. The van der Waals surface area contributed by atoms with Crippen LogP contribution in [0.1, 0.15) is 50.3 Å². The van der Waals surface area contributed by atoms with Gasteiger partial charge in [0.05, 0.1) is 13.2 Å². The van der Waals surface area contributed by atoms with Crippen molar-refractivity contribution in [2.75, 3.05) is 27.4 Å². The number of ether oxygens (including phenoxy) is 2. The van der Waals surface area contributed by atoms with Gasteiger partial charge in [-0.2, -0.15) is 0 Å². The third kappa shape index (κ3) is 2.55. The average Bonchev–Trinajstić information content (AvgIpc) is 2.64.